The highest BCUT2D eigenvalue weighted by molar-refractivity contribution is 7.19. The topological polar surface area (TPSA) is 57.2 Å². The van der Waals surface area contributed by atoms with E-state index in [9.17, 15) is 0 Å². The van der Waals surface area contributed by atoms with Gasteiger partial charge in [0.15, 0.2) is 5.13 Å². The van der Waals surface area contributed by atoms with E-state index in [4.69, 9.17) is 21.6 Å². The Morgan fingerprint density at radius 1 is 1.03 bits per heavy atom. The Bertz CT molecular complexity index is 1060. The fourth-order valence-electron chi connectivity index (χ4n) is 4.43. The second-order valence-electron chi connectivity index (χ2n) is 8.72. The maximum atomic E-state index is 6.32. The minimum absolute atomic E-state index is 0.466. The summed E-state index contributed by atoms with van der Waals surface area (Å²) in [7, 11) is 2.17. The summed E-state index contributed by atoms with van der Waals surface area (Å²) in [5, 5.41) is 5.32. The van der Waals surface area contributed by atoms with Gasteiger partial charge >= 0.3 is 0 Å². The fourth-order valence-corrected chi connectivity index (χ4v) is 5.73. The molecule has 1 aromatic carbocycles. The quantitative estimate of drug-likeness (QED) is 0.539. The largest absolute Gasteiger partial charge is 0.351 e. The summed E-state index contributed by atoms with van der Waals surface area (Å²) < 4.78 is 0. The molecular weight excluding hydrogens is 440 g/mol. The van der Waals surface area contributed by atoms with E-state index >= 15 is 0 Å². The number of rotatable bonds is 5. The summed E-state index contributed by atoms with van der Waals surface area (Å²) in [6.45, 7) is 4.06. The highest BCUT2D eigenvalue weighted by Crippen LogP contribution is 2.40. The molecule has 1 saturated carbocycles. The van der Waals surface area contributed by atoms with Crippen LogP contribution >= 0.6 is 22.9 Å². The Morgan fingerprint density at radius 2 is 1.84 bits per heavy atom. The molecule has 0 bridgehead atoms. The number of aromatic nitrogens is 3. The van der Waals surface area contributed by atoms with Gasteiger partial charge < -0.3 is 15.1 Å². The van der Waals surface area contributed by atoms with Gasteiger partial charge in [0.2, 0.25) is 5.95 Å². The number of hydrogen-bond donors (Lipinski definition) is 1. The van der Waals surface area contributed by atoms with Gasteiger partial charge in [-0.15, -0.1) is 0 Å². The number of hydrogen-bond acceptors (Lipinski definition) is 7. The molecule has 2 fully saturated rings. The van der Waals surface area contributed by atoms with Crippen LogP contribution in [0.2, 0.25) is 5.02 Å². The standard InChI is InChI=1S/C24H29ClN6S/c1-30-12-14-31(15-13-30)24-29-21(17-6-5-7-18(25)16-17)22(32-24)20-10-11-26-23(28-20)27-19-8-3-2-4-9-19/h5-7,10-11,16,19H,2-4,8-9,12-15H2,1H3,(H,26,27,28). The second-order valence-corrected chi connectivity index (χ2v) is 10.1. The molecule has 3 heterocycles. The molecule has 1 aliphatic carbocycles. The van der Waals surface area contributed by atoms with Crippen LogP contribution in [0, 0.1) is 0 Å². The van der Waals surface area contributed by atoms with Crippen molar-refractivity contribution in [2.24, 2.45) is 0 Å². The lowest BCUT2D eigenvalue weighted by Gasteiger charge is -2.32. The molecule has 168 valence electrons. The second kappa shape index (κ2) is 9.73. The van der Waals surface area contributed by atoms with Crippen molar-refractivity contribution >= 4 is 34.0 Å². The van der Waals surface area contributed by atoms with Crippen LogP contribution in [0.5, 0.6) is 0 Å². The average molecular weight is 469 g/mol. The fraction of sp³-hybridized carbons (Fsp3) is 0.458. The van der Waals surface area contributed by atoms with E-state index in [1.54, 1.807) is 11.3 Å². The van der Waals surface area contributed by atoms with Crippen LogP contribution < -0.4 is 10.2 Å². The summed E-state index contributed by atoms with van der Waals surface area (Å²) in [6.07, 6.45) is 8.12. The van der Waals surface area contributed by atoms with Crippen LogP contribution in [0.4, 0.5) is 11.1 Å². The molecule has 0 unspecified atom stereocenters. The summed E-state index contributed by atoms with van der Waals surface area (Å²) in [4.78, 5) is 20.3. The van der Waals surface area contributed by atoms with E-state index in [0.717, 1.165) is 53.1 Å². The predicted octanol–water partition coefficient (Wildman–Crippen LogP) is 5.42. The Kier molecular flexibility index (Phi) is 6.57. The van der Waals surface area contributed by atoms with Crippen LogP contribution in [0.15, 0.2) is 36.5 Å². The zero-order chi connectivity index (χ0) is 21.9. The van der Waals surface area contributed by atoms with Crippen molar-refractivity contribution in [1.29, 1.82) is 0 Å². The molecule has 1 aliphatic heterocycles. The average Bonchev–Trinajstić information content (AvgIpc) is 3.26. The summed E-state index contributed by atoms with van der Waals surface area (Å²) in [5.74, 6) is 0.709. The molecule has 1 N–H and O–H groups in total. The molecule has 32 heavy (non-hydrogen) atoms. The third-order valence-electron chi connectivity index (χ3n) is 6.31. The Labute approximate surface area is 198 Å². The summed E-state index contributed by atoms with van der Waals surface area (Å²) in [5.41, 5.74) is 2.87. The first-order valence-electron chi connectivity index (χ1n) is 11.5. The van der Waals surface area contributed by atoms with Crippen molar-refractivity contribution in [3.8, 4) is 21.8 Å². The maximum Gasteiger partial charge on any atom is 0.223 e. The number of piperazine rings is 1. The minimum atomic E-state index is 0.466. The minimum Gasteiger partial charge on any atom is -0.351 e. The van der Waals surface area contributed by atoms with Crippen LogP contribution in [-0.4, -0.2) is 59.1 Å². The van der Waals surface area contributed by atoms with E-state index in [-0.39, 0.29) is 0 Å². The van der Waals surface area contributed by atoms with Crippen molar-refractivity contribution in [3.63, 3.8) is 0 Å². The zero-order valence-electron chi connectivity index (χ0n) is 18.4. The lowest BCUT2D eigenvalue weighted by atomic mass is 9.96. The normalized spacial score (nSPS) is 18.1. The van der Waals surface area contributed by atoms with Crippen LogP contribution in [-0.2, 0) is 0 Å². The lowest BCUT2D eigenvalue weighted by Crippen LogP contribution is -2.44. The molecule has 0 radical (unpaired) electrons. The Balaban J connectivity index is 1.50. The third-order valence-corrected chi connectivity index (χ3v) is 7.69. The van der Waals surface area contributed by atoms with Crippen LogP contribution in [0.1, 0.15) is 32.1 Å². The molecule has 2 aliphatic rings. The molecule has 5 rings (SSSR count). The van der Waals surface area contributed by atoms with Crippen molar-refractivity contribution in [2.75, 3.05) is 43.4 Å². The van der Waals surface area contributed by atoms with Gasteiger partial charge in [0, 0.05) is 49.0 Å². The SMILES string of the molecule is CN1CCN(c2nc(-c3cccc(Cl)c3)c(-c3ccnc(NC4CCCCC4)n3)s2)CC1. The van der Waals surface area contributed by atoms with Crippen molar-refractivity contribution in [2.45, 2.75) is 38.1 Å². The molecule has 1 saturated heterocycles. The van der Waals surface area contributed by atoms with Gasteiger partial charge in [-0.1, -0.05) is 54.3 Å². The number of benzene rings is 1. The van der Waals surface area contributed by atoms with E-state index in [0.29, 0.717) is 17.0 Å². The summed E-state index contributed by atoms with van der Waals surface area (Å²) in [6, 6.07) is 10.4. The van der Waals surface area contributed by atoms with Gasteiger partial charge in [0.1, 0.15) is 0 Å². The first kappa shape index (κ1) is 21.6. The third kappa shape index (κ3) is 4.90. The van der Waals surface area contributed by atoms with Gasteiger partial charge in [-0.05, 0) is 38.1 Å². The number of thiazole rings is 1. The van der Waals surface area contributed by atoms with Gasteiger partial charge in [-0.3, -0.25) is 0 Å². The molecule has 0 atom stereocenters. The van der Waals surface area contributed by atoms with Crippen LogP contribution in [0.3, 0.4) is 0 Å². The molecular formula is C24H29ClN6S. The first-order chi connectivity index (χ1) is 15.7. The van der Waals surface area contributed by atoms with E-state index < -0.39 is 0 Å². The molecule has 3 aromatic rings. The van der Waals surface area contributed by atoms with E-state index in [1.807, 2.05) is 30.5 Å². The molecule has 0 spiro atoms. The monoisotopic (exact) mass is 468 g/mol. The predicted molar refractivity (Wildman–Crippen MR) is 134 cm³/mol. The van der Waals surface area contributed by atoms with E-state index in [1.165, 1.54) is 32.1 Å². The Morgan fingerprint density at radius 3 is 2.62 bits per heavy atom. The van der Waals surface area contributed by atoms with E-state index in [2.05, 4.69) is 33.2 Å². The lowest BCUT2D eigenvalue weighted by molar-refractivity contribution is 0.313. The smallest absolute Gasteiger partial charge is 0.223 e. The van der Waals surface area contributed by atoms with Gasteiger partial charge in [0.25, 0.3) is 0 Å². The molecule has 8 heteroatoms. The molecule has 2 aromatic heterocycles. The number of likely N-dealkylation sites (N-methyl/N-ethyl adjacent to an activating group) is 1. The van der Waals surface area contributed by atoms with Crippen molar-refractivity contribution in [1.82, 2.24) is 19.9 Å². The van der Waals surface area contributed by atoms with Gasteiger partial charge in [-0.25, -0.2) is 15.0 Å². The number of nitrogens with zero attached hydrogens (tertiary/aromatic N) is 5. The Hall–Kier alpha value is -2.22. The highest BCUT2D eigenvalue weighted by atomic mass is 35.5. The zero-order valence-corrected chi connectivity index (χ0v) is 20.0. The molecule has 6 nitrogen and oxygen atoms in total. The van der Waals surface area contributed by atoms with Gasteiger partial charge in [-0.2, -0.15) is 0 Å². The molecule has 0 amide bonds. The first-order valence-corrected chi connectivity index (χ1v) is 12.7. The van der Waals surface area contributed by atoms with Crippen molar-refractivity contribution in [3.05, 3.63) is 41.6 Å². The number of nitrogens with one attached hydrogen (secondary N) is 1. The van der Waals surface area contributed by atoms with Gasteiger partial charge in [0.05, 0.1) is 16.3 Å². The summed E-state index contributed by atoms with van der Waals surface area (Å²) >= 11 is 8.03. The maximum absolute atomic E-state index is 6.32. The van der Waals surface area contributed by atoms with Crippen LogP contribution in [0.25, 0.3) is 21.8 Å². The number of halogens is 1. The van der Waals surface area contributed by atoms with Crippen molar-refractivity contribution < 1.29 is 0 Å². The highest BCUT2D eigenvalue weighted by Gasteiger charge is 2.23. The number of anilines is 2.